The van der Waals surface area contributed by atoms with Crippen LogP contribution in [0, 0.1) is 0 Å². The Hall–Kier alpha value is -1.46. The summed E-state index contributed by atoms with van der Waals surface area (Å²) in [6.45, 7) is 6.65. The van der Waals surface area contributed by atoms with E-state index in [2.05, 4.69) is 13.2 Å². The lowest BCUT2D eigenvalue weighted by atomic mass is 10.2. The van der Waals surface area contributed by atoms with Crippen molar-refractivity contribution >= 4 is 16.3 Å². The molecular weight excluding hydrogens is 202 g/mol. The summed E-state index contributed by atoms with van der Waals surface area (Å²) in [7, 11) is -3.78. The molecule has 0 bridgehead atoms. The number of hydrogen-bond acceptors (Lipinski definition) is 3. The maximum absolute atomic E-state index is 10.8. The third kappa shape index (κ3) is 3.97. The van der Waals surface area contributed by atoms with E-state index in [0.29, 0.717) is 6.29 Å². The molecule has 0 heterocycles. The summed E-state index contributed by atoms with van der Waals surface area (Å²) in [6, 6.07) is 0. The van der Waals surface area contributed by atoms with Crippen molar-refractivity contribution < 1.29 is 13.2 Å². The fraction of sp³-hybridized carbons (Fsp3) is 0. The topological polar surface area (TPSA) is 77.2 Å². The standard InChI is InChI=1S/C9H11NO3S/c1-3-8(7-11)5-6-9(4-2)14(10,12)13/h3-7H,1-2H2,(H2,10,12,13)/b8-5+,9-6+. The highest BCUT2D eigenvalue weighted by Gasteiger charge is 2.05. The molecule has 0 saturated heterocycles. The molecule has 76 valence electrons. The Balaban J connectivity index is 5.17. The molecule has 0 fully saturated rings. The summed E-state index contributed by atoms with van der Waals surface area (Å²) in [4.78, 5) is 10.2. The Morgan fingerprint density at radius 3 is 2.00 bits per heavy atom. The molecule has 5 heteroatoms. The minimum Gasteiger partial charge on any atom is -0.298 e. The number of carbonyl (C=O) groups excluding carboxylic acids is 1. The summed E-state index contributed by atoms with van der Waals surface area (Å²) in [5, 5.41) is 4.85. The Bertz CT molecular complexity index is 392. The van der Waals surface area contributed by atoms with Crippen LogP contribution in [0.15, 0.2) is 47.9 Å². The third-order valence-electron chi connectivity index (χ3n) is 1.34. The summed E-state index contributed by atoms with van der Waals surface area (Å²) in [6.07, 6.45) is 5.42. The number of nitrogens with two attached hydrogens (primary N) is 1. The first-order valence-electron chi connectivity index (χ1n) is 3.60. The second kappa shape index (κ2) is 5.31. The van der Waals surface area contributed by atoms with Crippen molar-refractivity contribution in [3.63, 3.8) is 0 Å². The molecule has 0 saturated carbocycles. The Labute approximate surface area is 83.2 Å². The fourth-order valence-corrected chi connectivity index (χ4v) is 1.10. The average molecular weight is 213 g/mol. The quantitative estimate of drug-likeness (QED) is 0.414. The molecule has 0 aromatic heterocycles. The molecule has 0 aromatic carbocycles. The van der Waals surface area contributed by atoms with Crippen molar-refractivity contribution in [3.8, 4) is 0 Å². The average Bonchev–Trinajstić information content (AvgIpc) is 2.10. The number of allylic oxidation sites excluding steroid dienone is 5. The van der Waals surface area contributed by atoms with Crippen LogP contribution in [-0.4, -0.2) is 14.7 Å². The van der Waals surface area contributed by atoms with E-state index >= 15 is 0 Å². The largest absolute Gasteiger partial charge is 0.298 e. The highest BCUT2D eigenvalue weighted by Crippen LogP contribution is 2.04. The van der Waals surface area contributed by atoms with Crippen LogP contribution in [-0.2, 0) is 14.8 Å². The molecule has 0 aliphatic heterocycles. The lowest BCUT2D eigenvalue weighted by molar-refractivity contribution is -0.104. The number of sulfonamides is 1. The first kappa shape index (κ1) is 12.5. The molecule has 2 N–H and O–H groups in total. The minimum atomic E-state index is -3.78. The maximum Gasteiger partial charge on any atom is 0.238 e. The van der Waals surface area contributed by atoms with Crippen LogP contribution in [0.4, 0.5) is 0 Å². The van der Waals surface area contributed by atoms with Gasteiger partial charge in [0.25, 0.3) is 0 Å². The molecule has 0 aliphatic carbocycles. The monoisotopic (exact) mass is 213 g/mol. The lowest BCUT2D eigenvalue weighted by Gasteiger charge is -1.95. The Kier molecular flexibility index (Phi) is 4.76. The Morgan fingerprint density at radius 1 is 1.14 bits per heavy atom. The zero-order chi connectivity index (χ0) is 11.2. The van der Waals surface area contributed by atoms with Gasteiger partial charge in [0.15, 0.2) is 0 Å². The van der Waals surface area contributed by atoms with Crippen molar-refractivity contribution in [2.24, 2.45) is 5.14 Å². The highest BCUT2D eigenvalue weighted by molar-refractivity contribution is 7.93. The van der Waals surface area contributed by atoms with Gasteiger partial charge in [-0.25, -0.2) is 13.6 Å². The molecule has 0 unspecified atom stereocenters. The van der Waals surface area contributed by atoms with Gasteiger partial charge in [0, 0.05) is 5.57 Å². The highest BCUT2D eigenvalue weighted by atomic mass is 32.2. The predicted octanol–water partition coefficient (Wildman–Crippen LogP) is 0.656. The Morgan fingerprint density at radius 2 is 1.71 bits per heavy atom. The molecule has 0 amide bonds. The van der Waals surface area contributed by atoms with Crippen molar-refractivity contribution in [1.29, 1.82) is 0 Å². The first-order chi connectivity index (χ1) is 6.45. The van der Waals surface area contributed by atoms with Crippen molar-refractivity contribution in [2.75, 3.05) is 0 Å². The first-order valence-corrected chi connectivity index (χ1v) is 5.15. The molecule has 0 radical (unpaired) electrons. The normalized spacial score (nSPS) is 13.5. The number of aldehydes is 1. The van der Waals surface area contributed by atoms with E-state index in [1.54, 1.807) is 0 Å². The second-order valence-corrected chi connectivity index (χ2v) is 3.87. The summed E-state index contributed by atoms with van der Waals surface area (Å²) < 4.78 is 21.7. The van der Waals surface area contributed by atoms with Crippen LogP contribution in [0.1, 0.15) is 0 Å². The van der Waals surface area contributed by atoms with Crippen LogP contribution >= 0.6 is 0 Å². The van der Waals surface area contributed by atoms with Gasteiger partial charge in [-0.05, 0) is 12.2 Å². The van der Waals surface area contributed by atoms with Gasteiger partial charge in [0.1, 0.15) is 6.29 Å². The van der Waals surface area contributed by atoms with E-state index in [9.17, 15) is 13.2 Å². The summed E-state index contributed by atoms with van der Waals surface area (Å²) >= 11 is 0. The van der Waals surface area contributed by atoms with Gasteiger partial charge in [-0.3, -0.25) is 4.79 Å². The van der Waals surface area contributed by atoms with Gasteiger partial charge in [-0.1, -0.05) is 25.3 Å². The molecule has 0 aromatic rings. The van der Waals surface area contributed by atoms with Gasteiger partial charge in [0.05, 0.1) is 4.91 Å². The molecule has 4 nitrogen and oxygen atoms in total. The van der Waals surface area contributed by atoms with Crippen LogP contribution in [0.3, 0.4) is 0 Å². The number of hydrogen-bond donors (Lipinski definition) is 1. The third-order valence-corrected chi connectivity index (χ3v) is 2.30. The SMILES string of the molecule is C=C/C(C=O)=C\C=C(/C=C)S(N)(=O)=O. The van der Waals surface area contributed by atoms with Gasteiger partial charge >= 0.3 is 0 Å². The van der Waals surface area contributed by atoms with Gasteiger partial charge in [0.2, 0.25) is 10.0 Å². The van der Waals surface area contributed by atoms with Crippen LogP contribution in [0.2, 0.25) is 0 Å². The van der Waals surface area contributed by atoms with E-state index < -0.39 is 10.0 Å². The molecule has 0 rings (SSSR count). The van der Waals surface area contributed by atoms with Gasteiger partial charge in [-0.2, -0.15) is 0 Å². The molecule has 0 spiro atoms. The van der Waals surface area contributed by atoms with E-state index in [0.717, 1.165) is 6.08 Å². The van der Waals surface area contributed by atoms with Crippen molar-refractivity contribution in [1.82, 2.24) is 0 Å². The molecule has 14 heavy (non-hydrogen) atoms. The van der Waals surface area contributed by atoms with Crippen LogP contribution < -0.4 is 5.14 Å². The number of primary sulfonamides is 1. The van der Waals surface area contributed by atoms with Gasteiger partial charge in [-0.15, -0.1) is 0 Å². The minimum absolute atomic E-state index is 0.154. The second-order valence-electron chi connectivity index (χ2n) is 2.31. The number of carbonyl (C=O) groups is 1. The maximum atomic E-state index is 10.8. The molecular formula is C9H11NO3S. The number of rotatable bonds is 5. The zero-order valence-corrected chi connectivity index (χ0v) is 8.33. The fourth-order valence-electron chi connectivity index (χ4n) is 0.613. The van der Waals surface area contributed by atoms with Crippen molar-refractivity contribution in [2.45, 2.75) is 0 Å². The summed E-state index contributed by atoms with van der Waals surface area (Å²) in [5.74, 6) is 0. The van der Waals surface area contributed by atoms with Crippen LogP contribution in [0.5, 0.6) is 0 Å². The van der Waals surface area contributed by atoms with E-state index in [1.165, 1.54) is 18.2 Å². The smallest absolute Gasteiger partial charge is 0.238 e. The zero-order valence-electron chi connectivity index (χ0n) is 7.51. The molecule has 0 atom stereocenters. The van der Waals surface area contributed by atoms with Crippen molar-refractivity contribution in [3.05, 3.63) is 47.9 Å². The summed E-state index contributed by atoms with van der Waals surface area (Å²) in [5.41, 5.74) is 0.257. The molecule has 0 aliphatic rings. The van der Waals surface area contributed by atoms with Crippen LogP contribution in [0.25, 0.3) is 0 Å². The van der Waals surface area contributed by atoms with E-state index in [-0.39, 0.29) is 10.5 Å². The van der Waals surface area contributed by atoms with Gasteiger partial charge < -0.3 is 0 Å². The van der Waals surface area contributed by atoms with E-state index in [1.807, 2.05) is 0 Å². The lowest BCUT2D eigenvalue weighted by Crippen LogP contribution is -2.12. The predicted molar refractivity (Wildman–Crippen MR) is 55.7 cm³/mol. The van der Waals surface area contributed by atoms with E-state index in [4.69, 9.17) is 5.14 Å².